The first kappa shape index (κ1) is 29.8. The fraction of sp³-hybridized carbons (Fsp3) is 0.529. The standard InChI is InChI=1S/C34H48N2O2/c1-3-4-5-6-7-8-9-16-25-37-33-23-21-31(22-24-33)32-26-35-34(36-27-32)20-15-10-12-17-29(2)38-28-30-18-13-11-14-19-30/h11,13-14,18-19,21-24,26-27,29H,3-10,12,15-17,20,25,28H2,1-2H3. The zero-order valence-electron chi connectivity index (χ0n) is 23.7. The summed E-state index contributed by atoms with van der Waals surface area (Å²) in [4.78, 5) is 9.22. The van der Waals surface area contributed by atoms with Crippen molar-refractivity contribution >= 4 is 0 Å². The lowest BCUT2D eigenvalue weighted by Crippen LogP contribution is -2.08. The van der Waals surface area contributed by atoms with Gasteiger partial charge in [-0.05, 0) is 49.4 Å². The summed E-state index contributed by atoms with van der Waals surface area (Å²) in [5.41, 5.74) is 3.41. The van der Waals surface area contributed by atoms with Crippen LogP contribution in [0.2, 0.25) is 0 Å². The van der Waals surface area contributed by atoms with Crippen molar-refractivity contribution in [3.05, 3.63) is 78.4 Å². The Labute approximate surface area is 231 Å². The van der Waals surface area contributed by atoms with Gasteiger partial charge in [0, 0.05) is 24.4 Å². The van der Waals surface area contributed by atoms with Gasteiger partial charge < -0.3 is 9.47 Å². The van der Waals surface area contributed by atoms with Gasteiger partial charge in [0.2, 0.25) is 0 Å². The van der Waals surface area contributed by atoms with Crippen molar-refractivity contribution in [3.63, 3.8) is 0 Å². The SMILES string of the molecule is CCCCCCCCCCOc1ccc(-c2cnc(CCCCCC(C)OCc3ccccc3)nc2)cc1. The van der Waals surface area contributed by atoms with E-state index in [1.807, 2.05) is 18.5 Å². The van der Waals surface area contributed by atoms with Crippen LogP contribution in [0.1, 0.15) is 102 Å². The first-order valence-corrected chi connectivity index (χ1v) is 14.9. The lowest BCUT2D eigenvalue weighted by molar-refractivity contribution is 0.0459. The number of nitrogens with zero attached hydrogens (tertiary/aromatic N) is 2. The molecule has 1 heterocycles. The molecule has 0 amide bonds. The molecule has 1 aromatic heterocycles. The Hall–Kier alpha value is -2.72. The first-order chi connectivity index (χ1) is 18.7. The van der Waals surface area contributed by atoms with Gasteiger partial charge >= 0.3 is 0 Å². The van der Waals surface area contributed by atoms with Crippen molar-refractivity contribution in [2.24, 2.45) is 0 Å². The highest BCUT2D eigenvalue weighted by Crippen LogP contribution is 2.22. The van der Waals surface area contributed by atoms with Crippen LogP contribution in [0.5, 0.6) is 5.75 Å². The number of hydrogen-bond acceptors (Lipinski definition) is 4. The van der Waals surface area contributed by atoms with E-state index in [0.717, 1.165) is 55.0 Å². The van der Waals surface area contributed by atoms with Gasteiger partial charge in [-0.2, -0.15) is 0 Å². The van der Waals surface area contributed by atoms with Crippen LogP contribution in [0.25, 0.3) is 11.1 Å². The molecule has 1 atom stereocenters. The van der Waals surface area contributed by atoms with E-state index >= 15 is 0 Å². The molecule has 4 nitrogen and oxygen atoms in total. The third-order valence-electron chi connectivity index (χ3n) is 7.05. The van der Waals surface area contributed by atoms with E-state index < -0.39 is 0 Å². The van der Waals surface area contributed by atoms with Crippen molar-refractivity contribution < 1.29 is 9.47 Å². The van der Waals surface area contributed by atoms with E-state index in [-0.39, 0.29) is 6.10 Å². The van der Waals surface area contributed by atoms with Crippen LogP contribution in [0.4, 0.5) is 0 Å². The number of aromatic nitrogens is 2. The van der Waals surface area contributed by atoms with Crippen LogP contribution >= 0.6 is 0 Å². The lowest BCUT2D eigenvalue weighted by Gasteiger charge is -2.13. The topological polar surface area (TPSA) is 44.2 Å². The zero-order chi connectivity index (χ0) is 26.7. The molecule has 0 spiro atoms. The van der Waals surface area contributed by atoms with Crippen LogP contribution in [0, 0.1) is 0 Å². The summed E-state index contributed by atoms with van der Waals surface area (Å²) in [5, 5.41) is 0. The van der Waals surface area contributed by atoms with E-state index in [2.05, 4.69) is 72.3 Å². The molecule has 0 saturated heterocycles. The average Bonchev–Trinajstić information content (AvgIpc) is 2.96. The van der Waals surface area contributed by atoms with Crippen LogP contribution in [0.15, 0.2) is 67.0 Å². The molecule has 0 N–H and O–H groups in total. The minimum absolute atomic E-state index is 0.285. The summed E-state index contributed by atoms with van der Waals surface area (Å²) in [5.74, 6) is 1.86. The second kappa shape index (κ2) is 18.5. The number of unbranched alkanes of at least 4 members (excludes halogenated alkanes) is 9. The maximum Gasteiger partial charge on any atom is 0.128 e. The maximum absolute atomic E-state index is 5.97. The second-order valence-corrected chi connectivity index (χ2v) is 10.4. The number of aryl methyl sites for hydroxylation is 1. The second-order valence-electron chi connectivity index (χ2n) is 10.4. The fourth-order valence-electron chi connectivity index (χ4n) is 4.59. The van der Waals surface area contributed by atoms with Crippen molar-refractivity contribution in [1.29, 1.82) is 0 Å². The largest absolute Gasteiger partial charge is 0.494 e. The zero-order valence-corrected chi connectivity index (χ0v) is 23.7. The summed E-state index contributed by atoms with van der Waals surface area (Å²) in [6.45, 7) is 5.92. The quantitative estimate of drug-likeness (QED) is 0.140. The molecule has 0 fully saturated rings. The van der Waals surface area contributed by atoms with E-state index in [9.17, 15) is 0 Å². The Bertz CT molecular complexity index is 974. The lowest BCUT2D eigenvalue weighted by atomic mass is 10.1. The summed E-state index contributed by atoms with van der Waals surface area (Å²) in [6.07, 6.45) is 20.2. The number of hydrogen-bond donors (Lipinski definition) is 0. The minimum atomic E-state index is 0.285. The van der Waals surface area contributed by atoms with Gasteiger partial charge in [-0.15, -0.1) is 0 Å². The Balaban J connectivity index is 1.25. The summed E-state index contributed by atoms with van der Waals surface area (Å²) in [7, 11) is 0. The van der Waals surface area contributed by atoms with Crippen molar-refractivity contribution in [2.45, 2.75) is 110 Å². The van der Waals surface area contributed by atoms with Gasteiger partial charge in [-0.3, -0.25) is 0 Å². The molecular weight excluding hydrogens is 468 g/mol. The highest BCUT2D eigenvalue weighted by Gasteiger charge is 2.05. The molecule has 38 heavy (non-hydrogen) atoms. The molecule has 2 aromatic carbocycles. The molecule has 4 heteroatoms. The molecule has 3 rings (SSSR count). The molecule has 0 aliphatic heterocycles. The molecule has 0 aliphatic carbocycles. The Kier molecular flexibility index (Phi) is 14.5. The Morgan fingerprint density at radius 3 is 2.05 bits per heavy atom. The van der Waals surface area contributed by atoms with Crippen LogP contribution in [-0.2, 0) is 17.8 Å². The summed E-state index contributed by atoms with van der Waals surface area (Å²) >= 11 is 0. The molecule has 206 valence electrons. The van der Waals surface area contributed by atoms with Crippen LogP contribution < -0.4 is 4.74 Å². The van der Waals surface area contributed by atoms with Gasteiger partial charge in [-0.25, -0.2) is 9.97 Å². The molecule has 1 unspecified atom stereocenters. The normalized spacial score (nSPS) is 11.9. The molecule has 0 saturated carbocycles. The molecular formula is C34H48N2O2. The maximum atomic E-state index is 5.97. The van der Waals surface area contributed by atoms with Crippen molar-refractivity contribution in [2.75, 3.05) is 6.61 Å². The van der Waals surface area contributed by atoms with Gasteiger partial charge in [-0.1, -0.05) is 107 Å². The third-order valence-corrected chi connectivity index (χ3v) is 7.05. The Morgan fingerprint density at radius 2 is 1.34 bits per heavy atom. The van der Waals surface area contributed by atoms with Crippen molar-refractivity contribution in [3.8, 4) is 16.9 Å². The minimum Gasteiger partial charge on any atom is -0.494 e. The van der Waals surface area contributed by atoms with E-state index in [0.29, 0.717) is 6.61 Å². The predicted octanol–water partition coefficient (Wildman–Crippen LogP) is 9.37. The van der Waals surface area contributed by atoms with E-state index in [4.69, 9.17) is 9.47 Å². The number of rotatable bonds is 20. The fourth-order valence-corrected chi connectivity index (χ4v) is 4.59. The monoisotopic (exact) mass is 516 g/mol. The van der Waals surface area contributed by atoms with Crippen LogP contribution in [0.3, 0.4) is 0 Å². The number of ether oxygens (including phenoxy) is 2. The van der Waals surface area contributed by atoms with Crippen molar-refractivity contribution in [1.82, 2.24) is 9.97 Å². The highest BCUT2D eigenvalue weighted by atomic mass is 16.5. The molecule has 0 radical (unpaired) electrons. The highest BCUT2D eigenvalue weighted by molar-refractivity contribution is 5.62. The van der Waals surface area contributed by atoms with Gasteiger partial charge in [0.15, 0.2) is 0 Å². The Morgan fingerprint density at radius 1 is 0.684 bits per heavy atom. The van der Waals surface area contributed by atoms with Crippen LogP contribution in [-0.4, -0.2) is 22.7 Å². The molecule has 3 aromatic rings. The smallest absolute Gasteiger partial charge is 0.128 e. The average molecular weight is 517 g/mol. The van der Waals surface area contributed by atoms with E-state index in [1.54, 1.807) is 0 Å². The first-order valence-electron chi connectivity index (χ1n) is 14.9. The van der Waals surface area contributed by atoms with Gasteiger partial charge in [0.1, 0.15) is 11.6 Å². The summed E-state index contributed by atoms with van der Waals surface area (Å²) < 4.78 is 11.9. The molecule has 0 aliphatic rings. The van der Waals surface area contributed by atoms with Gasteiger partial charge in [0.25, 0.3) is 0 Å². The molecule has 0 bridgehead atoms. The van der Waals surface area contributed by atoms with Gasteiger partial charge in [0.05, 0.1) is 19.3 Å². The predicted molar refractivity (Wildman–Crippen MR) is 158 cm³/mol. The summed E-state index contributed by atoms with van der Waals surface area (Å²) in [6, 6.07) is 18.7. The third kappa shape index (κ3) is 12.2. The van der Waals surface area contributed by atoms with E-state index in [1.165, 1.54) is 63.4 Å². The number of benzene rings is 2.